The van der Waals surface area contributed by atoms with E-state index in [-0.39, 0.29) is 0 Å². The molecule has 10 aromatic carbocycles. The predicted molar refractivity (Wildman–Crippen MR) is 260 cm³/mol. The van der Waals surface area contributed by atoms with Crippen LogP contribution >= 0.6 is 0 Å². The molecule has 10 aromatic rings. The molecule has 12 rings (SSSR count). The Morgan fingerprint density at radius 2 is 0.672 bits per heavy atom. The van der Waals surface area contributed by atoms with Gasteiger partial charge in [-0.3, -0.25) is 0 Å². The standard InChI is InChI=1S/C57H42N4/c1-37-24-26-39(27-25-37)56-44-32-30-43(61-54-22-12-8-18-50(54)59(3)51-19-9-13-23-55(51)61)36-47(44)57(41-29-28-38-14-4-5-15-40(38)34-41)45-33-31-42(35-46(45)56)60-52-20-10-6-16-48(52)58(2)49-17-7-11-21-53(49)60/h4-36H,1-3H3. The van der Waals surface area contributed by atoms with Crippen molar-refractivity contribution in [2.45, 2.75) is 6.92 Å². The maximum absolute atomic E-state index is 2.44. The molecule has 0 N–H and O–H groups in total. The maximum Gasteiger partial charge on any atom is 0.0699 e. The molecule has 2 heterocycles. The first-order chi connectivity index (χ1) is 30.0. The number of aryl methyl sites for hydroxylation is 1. The second-order valence-electron chi connectivity index (χ2n) is 16.4. The molecule has 0 unspecified atom stereocenters. The third-order valence-corrected chi connectivity index (χ3v) is 12.9. The number of fused-ring (bicyclic) bond motifs is 7. The number of rotatable bonds is 4. The SMILES string of the molecule is Cc1ccc(-c2c3ccc(N4c5ccccc5N(C)c5ccccc54)cc3c(-c3ccc4ccccc4c3)c3ccc(N4c5ccccc5N(C)c5ccccc54)cc23)cc1. The lowest BCUT2D eigenvalue weighted by atomic mass is 9.84. The molecule has 0 amide bonds. The minimum absolute atomic E-state index is 1.12. The molecule has 0 aliphatic carbocycles. The fraction of sp³-hybridized carbons (Fsp3) is 0.0526. The van der Waals surface area contributed by atoms with E-state index in [0.717, 1.165) is 34.1 Å². The van der Waals surface area contributed by atoms with Gasteiger partial charge < -0.3 is 19.6 Å². The molecule has 61 heavy (non-hydrogen) atoms. The van der Waals surface area contributed by atoms with Crippen LogP contribution in [0.25, 0.3) is 54.6 Å². The lowest BCUT2D eigenvalue weighted by molar-refractivity contribution is 1.13. The van der Waals surface area contributed by atoms with Crippen LogP contribution in [0.3, 0.4) is 0 Å². The molecule has 0 aromatic heterocycles. The number of hydrogen-bond acceptors (Lipinski definition) is 4. The van der Waals surface area contributed by atoms with Crippen molar-refractivity contribution < 1.29 is 0 Å². The van der Waals surface area contributed by atoms with Gasteiger partial charge in [0.15, 0.2) is 0 Å². The van der Waals surface area contributed by atoms with Crippen molar-refractivity contribution in [3.05, 3.63) is 206 Å². The molecule has 0 saturated carbocycles. The molecule has 0 spiro atoms. The second-order valence-corrected chi connectivity index (χ2v) is 16.4. The van der Waals surface area contributed by atoms with Crippen LogP contribution in [-0.2, 0) is 0 Å². The quantitative estimate of drug-likeness (QED) is 0.165. The molecule has 0 bridgehead atoms. The fourth-order valence-corrected chi connectivity index (χ4v) is 9.99. The Bertz CT molecular complexity index is 3290. The number of hydrogen-bond donors (Lipinski definition) is 0. The molecule has 0 atom stereocenters. The third kappa shape index (κ3) is 5.39. The van der Waals surface area contributed by atoms with Gasteiger partial charge in [0.25, 0.3) is 0 Å². The molecule has 4 nitrogen and oxygen atoms in total. The summed E-state index contributed by atoms with van der Waals surface area (Å²) in [6.07, 6.45) is 0. The van der Waals surface area contributed by atoms with Crippen LogP contribution in [0.2, 0.25) is 0 Å². The molecule has 0 saturated heterocycles. The number of para-hydroxylation sites is 8. The highest BCUT2D eigenvalue weighted by atomic mass is 15.3. The monoisotopic (exact) mass is 782 g/mol. The van der Waals surface area contributed by atoms with Gasteiger partial charge in [-0.15, -0.1) is 0 Å². The molecule has 2 aliphatic rings. The Hall–Kier alpha value is -7.82. The van der Waals surface area contributed by atoms with Crippen molar-refractivity contribution in [3.63, 3.8) is 0 Å². The minimum Gasteiger partial charge on any atom is -0.341 e. The Morgan fingerprint density at radius 3 is 1.13 bits per heavy atom. The van der Waals surface area contributed by atoms with E-state index in [9.17, 15) is 0 Å². The zero-order valence-electron chi connectivity index (χ0n) is 34.3. The summed E-state index contributed by atoms with van der Waals surface area (Å²) in [5, 5.41) is 7.33. The van der Waals surface area contributed by atoms with Crippen molar-refractivity contribution in [2.75, 3.05) is 33.7 Å². The summed E-state index contributed by atoms with van der Waals surface area (Å²) in [5.74, 6) is 0. The topological polar surface area (TPSA) is 13.0 Å². The molecular formula is C57H42N4. The van der Waals surface area contributed by atoms with Gasteiger partial charge in [-0.1, -0.05) is 127 Å². The van der Waals surface area contributed by atoms with Crippen LogP contribution in [0.1, 0.15) is 5.56 Å². The number of benzene rings is 10. The highest BCUT2D eigenvalue weighted by Crippen LogP contribution is 2.55. The van der Waals surface area contributed by atoms with Crippen LogP contribution in [0.5, 0.6) is 0 Å². The first-order valence-corrected chi connectivity index (χ1v) is 21.1. The van der Waals surface area contributed by atoms with E-state index in [1.54, 1.807) is 0 Å². The maximum atomic E-state index is 2.44. The van der Waals surface area contributed by atoms with Gasteiger partial charge in [0.2, 0.25) is 0 Å². The summed E-state index contributed by atoms with van der Waals surface area (Å²) in [7, 11) is 4.33. The van der Waals surface area contributed by atoms with E-state index in [1.165, 1.54) is 82.9 Å². The lowest BCUT2D eigenvalue weighted by Crippen LogP contribution is -2.24. The fourth-order valence-electron chi connectivity index (χ4n) is 9.99. The summed E-state index contributed by atoms with van der Waals surface area (Å²) in [6.45, 7) is 2.17. The predicted octanol–water partition coefficient (Wildman–Crippen LogP) is 15.9. The van der Waals surface area contributed by atoms with Crippen LogP contribution in [-0.4, -0.2) is 14.1 Å². The van der Waals surface area contributed by atoms with Gasteiger partial charge in [0.1, 0.15) is 0 Å². The summed E-state index contributed by atoms with van der Waals surface area (Å²) >= 11 is 0. The van der Waals surface area contributed by atoms with E-state index < -0.39 is 0 Å². The van der Waals surface area contributed by atoms with Gasteiger partial charge in [-0.25, -0.2) is 0 Å². The summed E-state index contributed by atoms with van der Waals surface area (Å²) in [5.41, 5.74) is 17.7. The van der Waals surface area contributed by atoms with Gasteiger partial charge in [0.05, 0.1) is 45.5 Å². The van der Waals surface area contributed by atoms with Crippen LogP contribution in [0.15, 0.2) is 200 Å². The van der Waals surface area contributed by atoms with Crippen LogP contribution in [0, 0.1) is 6.92 Å². The summed E-state index contributed by atoms with van der Waals surface area (Å²) in [6, 6.07) is 74.0. The van der Waals surface area contributed by atoms with Gasteiger partial charge in [-0.2, -0.15) is 0 Å². The Labute approximate surface area is 356 Å². The first-order valence-electron chi connectivity index (χ1n) is 21.1. The second kappa shape index (κ2) is 13.6. The van der Waals surface area contributed by atoms with Crippen molar-refractivity contribution in [2.24, 2.45) is 0 Å². The zero-order chi connectivity index (χ0) is 40.8. The van der Waals surface area contributed by atoms with E-state index in [4.69, 9.17) is 0 Å². The normalized spacial score (nSPS) is 13.0. The lowest BCUT2D eigenvalue weighted by Gasteiger charge is -2.39. The first kappa shape index (κ1) is 35.2. The average molecular weight is 783 g/mol. The Morgan fingerprint density at radius 1 is 0.295 bits per heavy atom. The van der Waals surface area contributed by atoms with E-state index in [1.807, 2.05) is 0 Å². The number of nitrogens with zero attached hydrogens (tertiary/aromatic N) is 4. The minimum atomic E-state index is 1.12. The van der Waals surface area contributed by atoms with Crippen molar-refractivity contribution in [3.8, 4) is 22.3 Å². The highest BCUT2D eigenvalue weighted by Gasteiger charge is 2.30. The Kier molecular flexibility index (Phi) is 7.85. The molecule has 4 heteroatoms. The molecule has 0 radical (unpaired) electrons. The van der Waals surface area contributed by atoms with Crippen LogP contribution in [0.4, 0.5) is 56.9 Å². The number of anilines is 10. The molecule has 0 fully saturated rings. The van der Waals surface area contributed by atoms with Crippen molar-refractivity contribution >= 4 is 89.2 Å². The molecule has 290 valence electrons. The smallest absolute Gasteiger partial charge is 0.0699 e. The molecular weight excluding hydrogens is 741 g/mol. The zero-order valence-corrected chi connectivity index (χ0v) is 34.3. The Balaban J connectivity index is 1.19. The summed E-state index contributed by atoms with van der Waals surface area (Å²) < 4.78 is 0. The van der Waals surface area contributed by atoms with Crippen molar-refractivity contribution in [1.29, 1.82) is 0 Å². The van der Waals surface area contributed by atoms with Crippen LogP contribution < -0.4 is 19.6 Å². The summed E-state index contributed by atoms with van der Waals surface area (Å²) in [4.78, 5) is 9.49. The van der Waals surface area contributed by atoms with E-state index in [0.29, 0.717) is 0 Å². The highest BCUT2D eigenvalue weighted by molar-refractivity contribution is 6.23. The van der Waals surface area contributed by atoms with Gasteiger partial charge in [-0.05, 0) is 140 Å². The van der Waals surface area contributed by atoms with Crippen molar-refractivity contribution in [1.82, 2.24) is 0 Å². The average Bonchev–Trinajstić information content (AvgIpc) is 3.31. The molecule has 2 aliphatic heterocycles. The third-order valence-electron chi connectivity index (χ3n) is 12.9. The van der Waals surface area contributed by atoms with E-state index >= 15 is 0 Å². The largest absolute Gasteiger partial charge is 0.341 e. The van der Waals surface area contributed by atoms with E-state index in [2.05, 4.69) is 241 Å². The van der Waals surface area contributed by atoms with Gasteiger partial charge in [0, 0.05) is 25.5 Å². The van der Waals surface area contributed by atoms with Gasteiger partial charge >= 0.3 is 0 Å².